The van der Waals surface area contributed by atoms with Gasteiger partial charge in [0.1, 0.15) is 12.4 Å². The van der Waals surface area contributed by atoms with Gasteiger partial charge in [-0.1, -0.05) is 0 Å². The Bertz CT molecular complexity index is 342. The zero-order valence-corrected chi connectivity index (χ0v) is 10.9. The highest BCUT2D eigenvalue weighted by molar-refractivity contribution is 9.10. The molecule has 2 unspecified atom stereocenters. The second-order valence-corrected chi connectivity index (χ2v) is 5.93. The highest BCUT2D eigenvalue weighted by Gasteiger charge is 2.24. The summed E-state index contributed by atoms with van der Waals surface area (Å²) >= 11 is 5.25. The zero-order chi connectivity index (χ0) is 10.8. The van der Waals surface area contributed by atoms with Gasteiger partial charge in [-0.15, -0.1) is 11.3 Å². The summed E-state index contributed by atoms with van der Waals surface area (Å²) in [6, 6.07) is 2.11. The van der Waals surface area contributed by atoms with E-state index < -0.39 is 0 Å². The lowest BCUT2D eigenvalue weighted by Crippen LogP contribution is -2.22. The molecule has 1 saturated heterocycles. The van der Waals surface area contributed by atoms with E-state index in [2.05, 4.69) is 28.9 Å². The molecule has 1 aromatic rings. The van der Waals surface area contributed by atoms with Crippen molar-refractivity contribution in [3.05, 3.63) is 20.3 Å². The molecule has 2 rings (SSSR count). The fourth-order valence-corrected chi connectivity index (χ4v) is 3.43. The van der Waals surface area contributed by atoms with E-state index in [9.17, 15) is 4.79 Å². The van der Waals surface area contributed by atoms with Crippen LogP contribution in [0, 0.1) is 6.92 Å². The Labute approximate surface area is 102 Å². The van der Waals surface area contributed by atoms with Crippen LogP contribution in [0.25, 0.3) is 0 Å². The molecule has 0 amide bonds. The van der Waals surface area contributed by atoms with Crippen molar-refractivity contribution >= 4 is 33.6 Å². The van der Waals surface area contributed by atoms with E-state index in [0.29, 0.717) is 0 Å². The molecule has 2 heterocycles. The summed E-state index contributed by atoms with van der Waals surface area (Å²) < 4.78 is 6.85. The van der Waals surface area contributed by atoms with Crippen molar-refractivity contribution in [2.75, 3.05) is 0 Å². The Morgan fingerprint density at radius 3 is 3.00 bits per heavy atom. The third-order valence-electron chi connectivity index (χ3n) is 2.64. The van der Waals surface area contributed by atoms with Crippen LogP contribution in [0.2, 0.25) is 0 Å². The maximum atomic E-state index is 10.7. The highest BCUT2D eigenvalue weighted by atomic mass is 79.9. The maximum absolute atomic E-state index is 10.7. The lowest BCUT2D eigenvalue weighted by atomic mass is 10.0. The van der Waals surface area contributed by atoms with Crippen LogP contribution in [0.15, 0.2) is 10.5 Å². The van der Waals surface area contributed by atoms with Crippen LogP contribution in [-0.4, -0.2) is 12.4 Å². The molecular formula is C11H13BrO2S. The van der Waals surface area contributed by atoms with Crippen molar-refractivity contribution in [2.45, 2.75) is 38.4 Å². The van der Waals surface area contributed by atoms with Crippen LogP contribution in [0.5, 0.6) is 0 Å². The van der Waals surface area contributed by atoms with Gasteiger partial charge in [0, 0.05) is 14.2 Å². The predicted octanol–water partition coefficient (Wildman–Crippen LogP) is 3.63. The van der Waals surface area contributed by atoms with Crippen LogP contribution < -0.4 is 0 Å². The van der Waals surface area contributed by atoms with Crippen molar-refractivity contribution in [2.24, 2.45) is 0 Å². The lowest BCUT2D eigenvalue weighted by Gasteiger charge is -2.26. The molecule has 1 aromatic heterocycles. The summed E-state index contributed by atoms with van der Waals surface area (Å²) in [6.45, 7) is 2.08. The van der Waals surface area contributed by atoms with Crippen molar-refractivity contribution in [3.8, 4) is 0 Å². The van der Waals surface area contributed by atoms with Gasteiger partial charge in [-0.2, -0.15) is 0 Å². The average molecular weight is 289 g/mol. The first-order valence-corrected chi connectivity index (χ1v) is 6.68. The van der Waals surface area contributed by atoms with Gasteiger partial charge in [-0.3, -0.25) is 0 Å². The number of thiophene rings is 1. The lowest BCUT2D eigenvalue weighted by molar-refractivity contribution is -0.126. The molecule has 2 atom stereocenters. The largest absolute Gasteiger partial charge is 0.362 e. The van der Waals surface area contributed by atoms with Crippen LogP contribution in [-0.2, 0) is 9.53 Å². The molecule has 82 valence electrons. The predicted molar refractivity (Wildman–Crippen MR) is 64.3 cm³/mol. The monoisotopic (exact) mass is 288 g/mol. The summed E-state index contributed by atoms with van der Waals surface area (Å²) in [5.41, 5.74) is 0. The van der Waals surface area contributed by atoms with E-state index in [1.54, 1.807) is 11.3 Å². The number of hydrogen-bond donors (Lipinski definition) is 0. The van der Waals surface area contributed by atoms with Crippen molar-refractivity contribution in [1.82, 2.24) is 0 Å². The molecule has 0 aromatic carbocycles. The van der Waals surface area contributed by atoms with Crippen molar-refractivity contribution in [3.63, 3.8) is 0 Å². The summed E-state index contributed by atoms with van der Waals surface area (Å²) in [5, 5.41) is 0. The van der Waals surface area contributed by atoms with Gasteiger partial charge >= 0.3 is 0 Å². The molecule has 2 nitrogen and oxygen atoms in total. The van der Waals surface area contributed by atoms with E-state index in [0.717, 1.165) is 30.0 Å². The quantitative estimate of drug-likeness (QED) is 0.777. The highest BCUT2D eigenvalue weighted by Crippen LogP contribution is 2.37. The molecule has 1 fully saturated rings. The van der Waals surface area contributed by atoms with E-state index >= 15 is 0 Å². The second-order valence-electron chi connectivity index (χ2n) is 3.78. The molecular weight excluding hydrogens is 276 g/mol. The molecule has 0 spiro atoms. The van der Waals surface area contributed by atoms with Crippen LogP contribution in [0.1, 0.15) is 35.1 Å². The Balaban J connectivity index is 2.13. The van der Waals surface area contributed by atoms with Gasteiger partial charge in [-0.25, -0.2) is 0 Å². The number of ether oxygens (including phenoxy) is 1. The molecule has 0 N–H and O–H groups in total. The summed E-state index contributed by atoms with van der Waals surface area (Å²) in [6.07, 6.45) is 3.79. The minimum absolute atomic E-state index is 0.115. The van der Waals surface area contributed by atoms with Gasteiger partial charge in [-0.05, 0) is 48.2 Å². The summed E-state index contributed by atoms with van der Waals surface area (Å²) in [7, 11) is 0. The fraction of sp³-hybridized carbons (Fsp3) is 0.545. The van der Waals surface area contributed by atoms with Crippen LogP contribution in [0.4, 0.5) is 0 Å². The van der Waals surface area contributed by atoms with Crippen LogP contribution >= 0.6 is 27.3 Å². The topological polar surface area (TPSA) is 26.3 Å². The number of carbonyl (C=O) groups is 1. The number of aryl methyl sites for hydroxylation is 1. The molecule has 0 saturated carbocycles. The molecule has 1 aliphatic heterocycles. The van der Waals surface area contributed by atoms with Gasteiger partial charge in [0.15, 0.2) is 0 Å². The number of rotatable bonds is 2. The summed E-state index contributed by atoms with van der Waals surface area (Å²) in [4.78, 5) is 13.2. The normalized spacial score (nSPS) is 26.5. The van der Waals surface area contributed by atoms with Crippen molar-refractivity contribution in [1.29, 1.82) is 0 Å². The van der Waals surface area contributed by atoms with Gasteiger partial charge in [0.2, 0.25) is 0 Å². The SMILES string of the molecule is Cc1sc(C2CCCC(C=O)O2)cc1Br. The number of aldehydes is 1. The zero-order valence-electron chi connectivity index (χ0n) is 8.53. The smallest absolute Gasteiger partial charge is 0.148 e. The number of carbonyl (C=O) groups excluding carboxylic acids is 1. The van der Waals surface area contributed by atoms with Gasteiger partial charge < -0.3 is 9.53 Å². The second kappa shape index (κ2) is 4.76. The van der Waals surface area contributed by atoms with Crippen molar-refractivity contribution < 1.29 is 9.53 Å². The average Bonchev–Trinajstić information content (AvgIpc) is 2.59. The first-order chi connectivity index (χ1) is 7.20. The minimum atomic E-state index is -0.204. The van der Waals surface area contributed by atoms with E-state index in [4.69, 9.17) is 4.74 Å². The summed E-state index contributed by atoms with van der Waals surface area (Å²) in [5.74, 6) is 0. The molecule has 4 heteroatoms. The number of hydrogen-bond acceptors (Lipinski definition) is 3. The standard InChI is InChI=1S/C11H13BrO2S/c1-7-9(12)5-11(15-7)10-4-2-3-8(6-13)14-10/h5-6,8,10H,2-4H2,1H3. The van der Waals surface area contributed by atoms with E-state index in [1.165, 1.54) is 9.75 Å². The molecule has 0 aliphatic carbocycles. The fourth-order valence-electron chi connectivity index (χ4n) is 1.80. The Kier molecular flexibility index (Phi) is 3.59. The first-order valence-electron chi connectivity index (χ1n) is 5.07. The molecule has 1 aliphatic rings. The third kappa shape index (κ3) is 2.49. The van der Waals surface area contributed by atoms with E-state index in [-0.39, 0.29) is 12.2 Å². The minimum Gasteiger partial charge on any atom is -0.362 e. The maximum Gasteiger partial charge on any atom is 0.148 e. The van der Waals surface area contributed by atoms with Gasteiger partial charge in [0.25, 0.3) is 0 Å². The Hall–Kier alpha value is -0.190. The Morgan fingerprint density at radius 1 is 1.60 bits per heavy atom. The Morgan fingerprint density at radius 2 is 2.40 bits per heavy atom. The van der Waals surface area contributed by atoms with Crippen LogP contribution in [0.3, 0.4) is 0 Å². The molecule has 15 heavy (non-hydrogen) atoms. The third-order valence-corrected chi connectivity index (χ3v) is 4.87. The number of halogens is 1. The van der Waals surface area contributed by atoms with E-state index in [1.807, 2.05) is 0 Å². The first kappa shape index (κ1) is 11.3. The molecule has 0 bridgehead atoms. The molecule has 0 radical (unpaired) electrons. The van der Waals surface area contributed by atoms with Gasteiger partial charge in [0.05, 0.1) is 6.10 Å².